The van der Waals surface area contributed by atoms with Gasteiger partial charge in [-0.05, 0) is 54.5 Å². The molecular weight excluding hydrogens is 280 g/mol. The van der Waals surface area contributed by atoms with Crippen molar-refractivity contribution in [1.29, 1.82) is 5.26 Å². The molecule has 6 heteroatoms. The molecule has 4 nitrogen and oxygen atoms in total. The summed E-state index contributed by atoms with van der Waals surface area (Å²) in [5.74, 6) is 2.57. The number of nitrogens with one attached hydrogen (secondary N) is 1. The number of nitriles is 1. The number of thioether (sulfide) groups is 1. The highest BCUT2D eigenvalue weighted by molar-refractivity contribution is 7.99. The Morgan fingerprint density at radius 1 is 1.53 bits per heavy atom. The van der Waals surface area contributed by atoms with Gasteiger partial charge in [-0.3, -0.25) is 0 Å². The summed E-state index contributed by atoms with van der Waals surface area (Å²) in [6.45, 7) is 2.20. The monoisotopic (exact) mass is 296 g/mol. The zero-order valence-electron chi connectivity index (χ0n) is 10.7. The van der Waals surface area contributed by atoms with Crippen LogP contribution in [0.3, 0.4) is 0 Å². The molecule has 1 heterocycles. The third-order valence-electron chi connectivity index (χ3n) is 3.18. The highest BCUT2D eigenvalue weighted by Gasteiger charge is 2.21. The summed E-state index contributed by atoms with van der Waals surface area (Å²) in [4.78, 5) is 0.261. The maximum atomic E-state index is 12.2. The minimum atomic E-state index is -3.47. The smallest absolute Gasteiger partial charge is 0.211 e. The highest BCUT2D eigenvalue weighted by Crippen LogP contribution is 2.23. The number of sulfonamides is 1. The molecule has 19 heavy (non-hydrogen) atoms. The Hall–Kier alpha value is -1.03. The molecule has 1 N–H and O–H groups in total. The Kier molecular flexibility index (Phi) is 4.50. The van der Waals surface area contributed by atoms with Gasteiger partial charge in [0.25, 0.3) is 0 Å². The van der Waals surface area contributed by atoms with Crippen LogP contribution in [0.4, 0.5) is 0 Å². The van der Waals surface area contributed by atoms with Crippen molar-refractivity contribution in [2.24, 2.45) is 5.92 Å². The molecule has 1 saturated heterocycles. The summed E-state index contributed by atoms with van der Waals surface area (Å²) in [5.41, 5.74) is 1.08. The first-order valence-electron chi connectivity index (χ1n) is 6.11. The van der Waals surface area contributed by atoms with Crippen molar-refractivity contribution in [3.8, 4) is 6.07 Å². The molecule has 0 amide bonds. The second-order valence-electron chi connectivity index (χ2n) is 4.67. The van der Waals surface area contributed by atoms with E-state index >= 15 is 0 Å². The van der Waals surface area contributed by atoms with Crippen molar-refractivity contribution in [3.63, 3.8) is 0 Å². The fraction of sp³-hybridized carbons (Fsp3) is 0.462. The Morgan fingerprint density at radius 3 is 2.89 bits per heavy atom. The predicted octanol–water partition coefficient (Wildman–Crippen LogP) is 1.90. The summed E-state index contributed by atoms with van der Waals surface area (Å²) in [5, 5.41) is 8.79. The molecule has 0 saturated carbocycles. The van der Waals surface area contributed by atoms with Gasteiger partial charge in [0.1, 0.15) is 0 Å². The van der Waals surface area contributed by atoms with Gasteiger partial charge in [-0.15, -0.1) is 0 Å². The van der Waals surface area contributed by atoms with E-state index in [1.807, 2.05) is 17.8 Å². The van der Waals surface area contributed by atoms with Gasteiger partial charge in [-0.2, -0.15) is 17.0 Å². The van der Waals surface area contributed by atoms with Crippen LogP contribution in [0.15, 0.2) is 23.1 Å². The molecule has 0 aliphatic carbocycles. The normalized spacial score (nSPS) is 19.3. The molecule has 1 unspecified atom stereocenters. The molecule has 0 bridgehead atoms. The van der Waals surface area contributed by atoms with E-state index in [1.165, 1.54) is 12.1 Å². The first-order valence-corrected chi connectivity index (χ1v) is 8.75. The molecule has 0 spiro atoms. The van der Waals surface area contributed by atoms with Gasteiger partial charge in [0, 0.05) is 6.54 Å². The predicted molar refractivity (Wildman–Crippen MR) is 76.5 cm³/mol. The van der Waals surface area contributed by atoms with Crippen LogP contribution in [-0.2, 0) is 10.0 Å². The van der Waals surface area contributed by atoms with Gasteiger partial charge in [-0.1, -0.05) is 0 Å². The Morgan fingerprint density at radius 2 is 2.32 bits per heavy atom. The summed E-state index contributed by atoms with van der Waals surface area (Å²) in [6.07, 6.45) is 1.07. The molecular formula is C13H16N2O2S2. The van der Waals surface area contributed by atoms with E-state index in [0.29, 0.717) is 23.6 Å². The van der Waals surface area contributed by atoms with Gasteiger partial charge in [0.15, 0.2) is 0 Å². The molecule has 1 aromatic rings. The molecule has 1 atom stereocenters. The second kappa shape index (κ2) is 5.95. The van der Waals surface area contributed by atoms with E-state index in [0.717, 1.165) is 17.9 Å². The summed E-state index contributed by atoms with van der Waals surface area (Å²) in [7, 11) is -3.47. The first-order chi connectivity index (χ1) is 9.03. The van der Waals surface area contributed by atoms with Crippen LogP contribution < -0.4 is 4.72 Å². The summed E-state index contributed by atoms with van der Waals surface area (Å²) >= 11 is 1.87. The molecule has 2 rings (SSSR count). The van der Waals surface area contributed by atoms with Gasteiger partial charge < -0.3 is 0 Å². The van der Waals surface area contributed by atoms with Crippen LogP contribution in [-0.4, -0.2) is 26.5 Å². The Bertz CT molecular complexity index is 600. The van der Waals surface area contributed by atoms with Crippen LogP contribution in [0.1, 0.15) is 17.5 Å². The molecule has 0 aromatic heterocycles. The van der Waals surface area contributed by atoms with Gasteiger partial charge in [-0.25, -0.2) is 13.1 Å². The lowest BCUT2D eigenvalue weighted by atomic mass is 10.1. The zero-order valence-corrected chi connectivity index (χ0v) is 12.4. The van der Waals surface area contributed by atoms with Crippen molar-refractivity contribution in [3.05, 3.63) is 29.3 Å². The van der Waals surface area contributed by atoms with Crippen LogP contribution in [0.2, 0.25) is 0 Å². The van der Waals surface area contributed by atoms with Gasteiger partial charge >= 0.3 is 0 Å². The maximum absolute atomic E-state index is 12.2. The van der Waals surface area contributed by atoms with Crippen LogP contribution in [0.5, 0.6) is 0 Å². The van der Waals surface area contributed by atoms with Crippen LogP contribution >= 0.6 is 11.8 Å². The zero-order chi connectivity index (χ0) is 13.9. The van der Waals surface area contributed by atoms with E-state index in [-0.39, 0.29) is 4.90 Å². The van der Waals surface area contributed by atoms with Gasteiger partial charge in [0.2, 0.25) is 10.0 Å². The lowest BCUT2D eigenvalue weighted by Crippen LogP contribution is -2.29. The molecule has 1 aliphatic rings. The Balaban J connectivity index is 2.12. The lowest BCUT2D eigenvalue weighted by molar-refractivity contribution is 0.545. The van der Waals surface area contributed by atoms with Crippen molar-refractivity contribution in [1.82, 2.24) is 4.72 Å². The Labute approximate surface area is 118 Å². The van der Waals surface area contributed by atoms with Crippen LogP contribution in [0, 0.1) is 24.2 Å². The van der Waals surface area contributed by atoms with Crippen LogP contribution in [0.25, 0.3) is 0 Å². The molecule has 0 radical (unpaired) electrons. The number of rotatable bonds is 4. The van der Waals surface area contributed by atoms with E-state index in [1.54, 1.807) is 13.0 Å². The quantitative estimate of drug-likeness (QED) is 0.921. The van der Waals surface area contributed by atoms with E-state index in [2.05, 4.69) is 4.72 Å². The fourth-order valence-corrected chi connectivity index (χ4v) is 4.70. The largest absolute Gasteiger partial charge is 0.240 e. The first kappa shape index (κ1) is 14.4. The summed E-state index contributed by atoms with van der Waals surface area (Å²) in [6, 6.07) is 6.64. The number of nitrogens with zero attached hydrogens (tertiary/aromatic N) is 1. The van der Waals surface area contributed by atoms with Gasteiger partial charge in [0.05, 0.1) is 16.5 Å². The highest BCUT2D eigenvalue weighted by atomic mass is 32.2. The van der Waals surface area contributed by atoms with E-state index < -0.39 is 10.0 Å². The minimum absolute atomic E-state index is 0.261. The van der Waals surface area contributed by atoms with E-state index in [9.17, 15) is 8.42 Å². The molecule has 1 fully saturated rings. The third-order valence-corrected chi connectivity index (χ3v) is 5.99. The molecule has 1 aliphatic heterocycles. The third kappa shape index (κ3) is 3.50. The average Bonchev–Trinajstić information content (AvgIpc) is 2.89. The van der Waals surface area contributed by atoms with Crippen molar-refractivity contribution in [2.75, 3.05) is 18.1 Å². The topological polar surface area (TPSA) is 70.0 Å². The molecule has 1 aromatic carbocycles. The lowest BCUT2D eigenvalue weighted by Gasteiger charge is -2.12. The van der Waals surface area contributed by atoms with Crippen molar-refractivity contribution >= 4 is 21.8 Å². The SMILES string of the molecule is Cc1cc(C#N)ccc1S(=O)(=O)NCC1CCSC1. The number of hydrogen-bond acceptors (Lipinski definition) is 4. The number of hydrogen-bond donors (Lipinski definition) is 1. The number of benzene rings is 1. The second-order valence-corrected chi connectivity index (χ2v) is 7.56. The minimum Gasteiger partial charge on any atom is -0.211 e. The standard InChI is InChI=1S/C13H16N2O2S2/c1-10-6-11(7-14)2-3-13(10)19(16,17)15-8-12-4-5-18-9-12/h2-3,6,12,15H,4-5,8-9H2,1H3. The molecule has 102 valence electrons. The number of aryl methyl sites for hydroxylation is 1. The van der Waals surface area contributed by atoms with Crippen molar-refractivity contribution in [2.45, 2.75) is 18.2 Å². The average molecular weight is 296 g/mol. The fourth-order valence-electron chi connectivity index (χ4n) is 2.07. The van der Waals surface area contributed by atoms with Crippen molar-refractivity contribution < 1.29 is 8.42 Å². The maximum Gasteiger partial charge on any atom is 0.240 e. The summed E-state index contributed by atoms with van der Waals surface area (Å²) < 4.78 is 27.1. The van der Waals surface area contributed by atoms with E-state index in [4.69, 9.17) is 5.26 Å².